The first kappa shape index (κ1) is 8.02. The maximum Gasteiger partial charge on any atom is 0.0270 e. The van der Waals surface area contributed by atoms with Crippen LogP contribution in [0.15, 0.2) is 0 Å². The number of fused-ring (bicyclic) bond motifs is 1. The molecule has 2 nitrogen and oxygen atoms in total. The smallest absolute Gasteiger partial charge is 0.0270 e. The van der Waals surface area contributed by atoms with Crippen LogP contribution in [0.1, 0.15) is 20.8 Å². The fourth-order valence-electron chi connectivity index (χ4n) is 1.60. The second kappa shape index (κ2) is 2.89. The molecule has 0 aromatic heterocycles. The van der Waals surface area contributed by atoms with Gasteiger partial charge in [-0.3, -0.25) is 0 Å². The van der Waals surface area contributed by atoms with E-state index in [0.717, 1.165) is 6.04 Å². The number of hydrogen-bond donors (Lipinski definition) is 2. The number of nitrogens with one attached hydrogen (secondary N) is 2. The molecule has 0 radical (unpaired) electrons. The van der Waals surface area contributed by atoms with Crippen molar-refractivity contribution in [2.45, 2.75) is 26.8 Å². The molecule has 2 fully saturated rings. The van der Waals surface area contributed by atoms with E-state index in [0.29, 0.717) is 5.41 Å². The molecule has 10 heavy (non-hydrogen) atoms. The highest BCUT2D eigenvalue weighted by atomic mass is 15.1. The maximum atomic E-state index is 3.39. The lowest BCUT2D eigenvalue weighted by atomic mass is 9.78. The van der Waals surface area contributed by atoms with Crippen LogP contribution in [0, 0.1) is 5.41 Å². The molecule has 0 bridgehead atoms. The largest absolute Gasteiger partial charge is 0.315 e. The van der Waals surface area contributed by atoms with Gasteiger partial charge in [0.2, 0.25) is 0 Å². The molecule has 0 spiro atoms. The molecule has 0 aliphatic carbocycles. The molecule has 0 saturated carbocycles. The first-order chi connectivity index (χ1) is 4.81. The number of hydrogen-bond acceptors (Lipinski definition) is 2. The van der Waals surface area contributed by atoms with E-state index in [4.69, 9.17) is 0 Å². The summed E-state index contributed by atoms with van der Waals surface area (Å²) in [5.74, 6) is 0. The Bertz CT molecular complexity index is 114. The molecule has 60 valence electrons. The highest BCUT2D eigenvalue weighted by molar-refractivity contribution is 5.05. The molecular formula is C8H18N2. The Kier molecular flexibility index (Phi) is 2.32. The molecule has 0 aromatic carbocycles. The van der Waals surface area contributed by atoms with E-state index >= 15 is 0 Å². The molecule has 2 heterocycles. The van der Waals surface area contributed by atoms with Gasteiger partial charge in [-0.25, -0.2) is 0 Å². The summed E-state index contributed by atoms with van der Waals surface area (Å²) in [4.78, 5) is 0. The van der Waals surface area contributed by atoms with Gasteiger partial charge in [0.05, 0.1) is 0 Å². The second-order valence-corrected chi connectivity index (χ2v) is 3.22. The van der Waals surface area contributed by atoms with Gasteiger partial charge < -0.3 is 10.6 Å². The van der Waals surface area contributed by atoms with E-state index in [1.807, 2.05) is 13.8 Å². The highest BCUT2D eigenvalue weighted by Crippen LogP contribution is 2.31. The lowest BCUT2D eigenvalue weighted by Gasteiger charge is -2.42. The zero-order chi connectivity index (χ0) is 7.61. The van der Waals surface area contributed by atoms with Gasteiger partial charge in [-0.2, -0.15) is 0 Å². The summed E-state index contributed by atoms with van der Waals surface area (Å²) >= 11 is 0. The molecule has 2 heteroatoms. The highest BCUT2D eigenvalue weighted by Gasteiger charge is 2.45. The molecule has 2 rings (SSSR count). The third kappa shape index (κ3) is 1.06. The Morgan fingerprint density at radius 1 is 1.30 bits per heavy atom. The second-order valence-electron chi connectivity index (χ2n) is 3.22. The van der Waals surface area contributed by atoms with E-state index in [2.05, 4.69) is 17.6 Å². The zero-order valence-electron chi connectivity index (χ0n) is 7.20. The average Bonchev–Trinajstić information content (AvgIpc) is 2.20. The maximum absolute atomic E-state index is 3.39. The normalized spacial score (nSPS) is 42.9. The molecular weight excluding hydrogens is 124 g/mol. The Hall–Kier alpha value is -0.0800. The van der Waals surface area contributed by atoms with Crippen molar-refractivity contribution in [3.8, 4) is 0 Å². The summed E-state index contributed by atoms with van der Waals surface area (Å²) in [5, 5.41) is 6.75. The van der Waals surface area contributed by atoms with Crippen LogP contribution in [0.2, 0.25) is 0 Å². The van der Waals surface area contributed by atoms with Gasteiger partial charge >= 0.3 is 0 Å². The lowest BCUT2D eigenvalue weighted by Crippen LogP contribution is -2.59. The van der Waals surface area contributed by atoms with Crippen LogP contribution in [0.5, 0.6) is 0 Å². The van der Waals surface area contributed by atoms with Crippen LogP contribution in [0.25, 0.3) is 0 Å². The lowest BCUT2D eigenvalue weighted by molar-refractivity contribution is 0.163. The summed E-state index contributed by atoms with van der Waals surface area (Å²) in [6.07, 6.45) is 0. The first-order valence-electron chi connectivity index (χ1n) is 4.25. The van der Waals surface area contributed by atoms with Crippen molar-refractivity contribution in [3.05, 3.63) is 0 Å². The van der Waals surface area contributed by atoms with Crippen LogP contribution < -0.4 is 10.6 Å². The van der Waals surface area contributed by atoms with E-state index in [9.17, 15) is 0 Å². The fourth-order valence-corrected chi connectivity index (χ4v) is 1.60. The van der Waals surface area contributed by atoms with Gasteiger partial charge in [-0.1, -0.05) is 20.8 Å². The molecule has 2 atom stereocenters. The quantitative estimate of drug-likeness (QED) is 0.517. The Labute approximate surface area is 63.4 Å². The predicted octanol–water partition coefficient (Wildman–Crippen LogP) is 0.594. The van der Waals surface area contributed by atoms with E-state index in [-0.39, 0.29) is 0 Å². The molecule has 2 N–H and O–H groups in total. The fraction of sp³-hybridized carbons (Fsp3) is 1.00. The van der Waals surface area contributed by atoms with E-state index in [1.54, 1.807) is 0 Å². The molecule has 2 aliphatic heterocycles. The van der Waals surface area contributed by atoms with Gasteiger partial charge in [-0.15, -0.1) is 0 Å². The molecule has 2 aliphatic rings. The van der Waals surface area contributed by atoms with Crippen molar-refractivity contribution in [2.75, 3.05) is 19.6 Å². The summed E-state index contributed by atoms with van der Waals surface area (Å²) in [6.45, 7) is 9.94. The van der Waals surface area contributed by atoms with Crippen molar-refractivity contribution < 1.29 is 0 Å². The molecule has 0 amide bonds. The van der Waals surface area contributed by atoms with Crippen LogP contribution in [0.4, 0.5) is 0 Å². The van der Waals surface area contributed by atoms with Crippen molar-refractivity contribution in [1.82, 2.24) is 10.6 Å². The summed E-state index contributed by atoms with van der Waals surface area (Å²) in [7, 11) is 0. The van der Waals surface area contributed by atoms with Crippen LogP contribution in [0.3, 0.4) is 0 Å². The summed E-state index contributed by atoms with van der Waals surface area (Å²) in [5.41, 5.74) is 0.611. The molecule has 0 aromatic rings. The summed E-state index contributed by atoms with van der Waals surface area (Å²) < 4.78 is 0. The molecule has 2 unspecified atom stereocenters. The standard InChI is InChI=1S/C6H12N2.C2H6/c1-6-3-7-2-5(6)8-4-6;1-2/h5,7-8H,2-4H2,1H3;1-2H3. The van der Waals surface area contributed by atoms with Crippen molar-refractivity contribution in [2.24, 2.45) is 5.41 Å². The monoisotopic (exact) mass is 142 g/mol. The van der Waals surface area contributed by atoms with Crippen molar-refractivity contribution >= 4 is 0 Å². The SMILES string of the molecule is CC.CC12CNCC1NC2. The molecule has 2 saturated heterocycles. The minimum atomic E-state index is 0.611. The van der Waals surface area contributed by atoms with Gasteiger partial charge in [0.15, 0.2) is 0 Å². The predicted molar refractivity (Wildman–Crippen MR) is 44.1 cm³/mol. The Morgan fingerprint density at radius 2 is 2.00 bits per heavy atom. The zero-order valence-corrected chi connectivity index (χ0v) is 7.20. The van der Waals surface area contributed by atoms with Crippen LogP contribution >= 0.6 is 0 Å². The van der Waals surface area contributed by atoms with E-state index in [1.165, 1.54) is 19.6 Å². The van der Waals surface area contributed by atoms with E-state index < -0.39 is 0 Å². The number of rotatable bonds is 0. The third-order valence-corrected chi connectivity index (χ3v) is 2.47. The van der Waals surface area contributed by atoms with Gasteiger partial charge in [-0.05, 0) is 0 Å². The van der Waals surface area contributed by atoms with Gasteiger partial charge in [0.25, 0.3) is 0 Å². The van der Waals surface area contributed by atoms with Crippen LogP contribution in [-0.2, 0) is 0 Å². The minimum Gasteiger partial charge on any atom is -0.315 e. The summed E-state index contributed by atoms with van der Waals surface area (Å²) in [6, 6.07) is 0.780. The third-order valence-electron chi connectivity index (χ3n) is 2.47. The topological polar surface area (TPSA) is 24.1 Å². The van der Waals surface area contributed by atoms with Crippen molar-refractivity contribution in [3.63, 3.8) is 0 Å². The van der Waals surface area contributed by atoms with Gasteiger partial charge in [0, 0.05) is 31.1 Å². The Balaban J connectivity index is 0.000000231. The average molecular weight is 142 g/mol. The van der Waals surface area contributed by atoms with Gasteiger partial charge in [0.1, 0.15) is 0 Å². The first-order valence-corrected chi connectivity index (χ1v) is 4.25. The Morgan fingerprint density at radius 3 is 2.20 bits per heavy atom. The van der Waals surface area contributed by atoms with Crippen molar-refractivity contribution in [1.29, 1.82) is 0 Å². The van der Waals surface area contributed by atoms with Crippen LogP contribution in [-0.4, -0.2) is 25.7 Å². The minimum absolute atomic E-state index is 0.611.